The Kier molecular flexibility index (Phi) is 4.60. The normalized spacial score (nSPS) is 21.6. The van der Waals surface area contributed by atoms with Gasteiger partial charge in [-0.2, -0.15) is 0 Å². The van der Waals surface area contributed by atoms with Crippen molar-refractivity contribution in [3.05, 3.63) is 0 Å². The number of hydrogen-bond acceptors (Lipinski definition) is 2. The van der Waals surface area contributed by atoms with Crippen LogP contribution in [0.15, 0.2) is 0 Å². The van der Waals surface area contributed by atoms with E-state index in [0.717, 1.165) is 6.54 Å². The van der Waals surface area contributed by atoms with E-state index in [-0.39, 0.29) is 5.54 Å². The maximum Gasteiger partial charge on any atom is 0.0190 e. The van der Waals surface area contributed by atoms with Gasteiger partial charge in [-0.1, -0.05) is 19.3 Å². The van der Waals surface area contributed by atoms with Gasteiger partial charge in [0.2, 0.25) is 0 Å². The first-order chi connectivity index (χ1) is 6.97. The van der Waals surface area contributed by atoms with Gasteiger partial charge in [-0.3, -0.25) is 0 Å². The summed E-state index contributed by atoms with van der Waals surface area (Å²) < 4.78 is 0. The van der Waals surface area contributed by atoms with Crippen molar-refractivity contribution in [2.75, 3.05) is 13.6 Å². The van der Waals surface area contributed by atoms with E-state index in [1.54, 1.807) is 0 Å². The molecule has 2 heteroatoms. The summed E-state index contributed by atoms with van der Waals surface area (Å²) in [6, 6.07) is 0. The monoisotopic (exact) mass is 212 g/mol. The summed E-state index contributed by atoms with van der Waals surface area (Å²) in [7, 11) is 2.13. The zero-order chi connectivity index (χ0) is 11.4. The molecule has 1 aliphatic carbocycles. The Morgan fingerprint density at radius 2 is 1.67 bits per heavy atom. The molecule has 2 N–H and O–H groups in total. The zero-order valence-electron chi connectivity index (χ0n) is 10.9. The van der Waals surface area contributed by atoms with Crippen LogP contribution in [0.1, 0.15) is 59.3 Å². The Morgan fingerprint density at radius 3 is 2.13 bits per heavy atom. The molecule has 0 saturated heterocycles. The van der Waals surface area contributed by atoms with Crippen LogP contribution in [0, 0.1) is 0 Å². The molecule has 15 heavy (non-hydrogen) atoms. The summed E-state index contributed by atoms with van der Waals surface area (Å²) >= 11 is 0. The summed E-state index contributed by atoms with van der Waals surface area (Å²) in [6.07, 6.45) is 8.20. The average molecular weight is 212 g/mol. The smallest absolute Gasteiger partial charge is 0.0190 e. The van der Waals surface area contributed by atoms with Crippen molar-refractivity contribution < 1.29 is 0 Å². The van der Waals surface area contributed by atoms with Crippen LogP contribution in [0.2, 0.25) is 0 Å². The first kappa shape index (κ1) is 13.0. The molecular weight excluding hydrogens is 184 g/mol. The second-order valence-corrected chi connectivity index (χ2v) is 6.02. The van der Waals surface area contributed by atoms with Crippen LogP contribution < -0.4 is 10.6 Å². The van der Waals surface area contributed by atoms with Gasteiger partial charge in [0.1, 0.15) is 0 Å². The average Bonchev–Trinajstić information content (AvgIpc) is 2.17. The largest absolute Gasteiger partial charge is 0.314 e. The first-order valence-corrected chi connectivity index (χ1v) is 6.41. The van der Waals surface area contributed by atoms with Crippen LogP contribution in [-0.2, 0) is 0 Å². The molecule has 0 atom stereocenters. The molecule has 1 aliphatic rings. The molecule has 0 radical (unpaired) electrons. The van der Waals surface area contributed by atoms with Crippen LogP contribution in [0.25, 0.3) is 0 Å². The highest BCUT2D eigenvalue weighted by Gasteiger charge is 2.29. The van der Waals surface area contributed by atoms with Crippen molar-refractivity contribution >= 4 is 0 Å². The maximum absolute atomic E-state index is 3.59. The van der Waals surface area contributed by atoms with Gasteiger partial charge in [-0.25, -0.2) is 0 Å². The Balaban J connectivity index is 2.33. The van der Waals surface area contributed by atoms with Gasteiger partial charge in [0.15, 0.2) is 0 Å². The van der Waals surface area contributed by atoms with Crippen molar-refractivity contribution in [3.8, 4) is 0 Å². The Hall–Kier alpha value is -0.0800. The quantitative estimate of drug-likeness (QED) is 0.748. The number of hydrogen-bond donors (Lipinski definition) is 2. The SMILES string of the molecule is CNC1(CCNC(C)(C)C)CCCCC1. The number of nitrogens with one attached hydrogen (secondary N) is 2. The molecule has 0 aromatic rings. The van der Waals surface area contributed by atoms with E-state index in [9.17, 15) is 0 Å². The minimum Gasteiger partial charge on any atom is -0.314 e. The molecule has 1 saturated carbocycles. The molecule has 0 spiro atoms. The van der Waals surface area contributed by atoms with E-state index in [1.165, 1.54) is 38.5 Å². The highest BCUT2D eigenvalue weighted by molar-refractivity contribution is 4.90. The topological polar surface area (TPSA) is 24.1 Å². The van der Waals surface area contributed by atoms with Crippen LogP contribution in [0.5, 0.6) is 0 Å². The predicted molar refractivity (Wildman–Crippen MR) is 67.2 cm³/mol. The first-order valence-electron chi connectivity index (χ1n) is 6.41. The van der Waals surface area contributed by atoms with E-state index in [4.69, 9.17) is 0 Å². The summed E-state index contributed by atoms with van der Waals surface area (Å²) in [5.74, 6) is 0. The fourth-order valence-corrected chi connectivity index (χ4v) is 2.53. The van der Waals surface area contributed by atoms with Crippen LogP contribution in [-0.4, -0.2) is 24.7 Å². The van der Waals surface area contributed by atoms with E-state index in [0.29, 0.717) is 5.54 Å². The lowest BCUT2D eigenvalue weighted by molar-refractivity contribution is 0.221. The lowest BCUT2D eigenvalue weighted by Crippen LogP contribution is -2.48. The molecule has 0 unspecified atom stereocenters. The van der Waals surface area contributed by atoms with Crippen molar-refractivity contribution in [2.24, 2.45) is 0 Å². The molecular formula is C13H28N2. The molecule has 0 aromatic carbocycles. The molecule has 1 rings (SSSR count). The fraction of sp³-hybridized carbons (Fsp3) is 1.00. The van der Waals surface area contributed by atoms with Gasteiger partial charge in [0.05, 0.1) is 0 Å². The summed E-state index contributed by atoms with van der Waals surface area (Å²) in [4.78, 5) is 0. The fourth-order valence-electron chi connectivity index (χ4n) is 2.53. The minimum absolute atomic E-state index is 0.254. The van der Waals surface area contributed by atoms with Crippen molar-refractivity contribution in [1.82, 2.24) is 10.6 Å². The van der Waals surface area contributed by atoms with Gasteiger partial charge < -0.3 is 10.6 Å². The summed E-state index contributed by atoms with van der Waals surface area (Å²) in [5, 5.41) is 7.15. The third kappa shape index (κ3) is 4.52. The Bertz CT molecular complexity index is 175. The third-order valence-electron chi connectivity index (χ3n) is 3.60. The van der Waals surface area contributed by atoms with Gasteiger partial charge in [0, 0.05) is 11.1 Å². The second kappa shape index (κ2) is 5.31. The van der Waals surface area contributed by atoms with Gasteiger partial charge >= 0.3 is 0 Å². The standard InChI is InChI=1S/C13H28N2/c1-12(2,3)15-11-10-13(14-4)8-6-5-7-9-13/h14-15H,5-11H2,1-4H3. The highest BCUT2D eigenvalue weighted by atomic mass is 15.0. The van der Waals surface area contributed by atoms with Gasteiger partial charge in [-0.15, -0.1) is 0 Å². The molecule has 90 valence electrons. The zero-order valence-corrected chi connectivity index (χ0v) is 10.9. The maximum atomic E-state index is 3.59. The minimum atomic E-state index is 0.254. The number of rotatable bonds is 4. The lowest BCUT2D eigenvalue weighted by Gasteiger charge is -2.38. The van der Waals surface area contributed by atoms with Crippen molar-refractivity contribution in [3.63, 3.8) is 0 Å². The molecule has 2 nitrogen and oxygen atoms in total. The Morgan fingerprint density at radius 1 is 1.07 bits per heavy atom. The predicted octanol–water partition coefficient (Wildman–Crippen LogP) is 2.69. The van der Waals surface area contributed by atoms with Crippen LogP contribution >= 0.6 is 0 Å². The van der Waals surface area contributed by atoms with Gasteiger partial charge in [-0.05, 0) is 53.6 Å². The third-order valence-corrected chi connectivity index (χ3v) is 3.60. The van der Waals surface area contributed by atoms with Crippen LogP contribution in [0.4, 0.5) is 0 Å². The van der Waals surface area contributed by atoms with Crippen molar-refractivity contribution in [1.29, 1.82) is 0 Å². The second-order valence-electron chi connectivity index (χ2n) is 6.02. The summed E-state index contributed by atoms with van der Waals surface area (Å²) in [6.45, 7) is 7.84. The molecule has 0 aliphatic heterocycles. The molecule has 0 amide bonds. The van der Waals surface area contributed by atoms with E-state index in [1.807, 2.05) is 0 Å². The van der Waals surface area contributed by atoms with E-state index in [2.05, 4.69) is 38.5 Å². The van der Waals surface area contributed by atoms with Crippen LogP contribution in [0.3, 0.4) is 0 Å². The van der Waals surface area contributed by atoms with Gasteiger partial charge in [0.25, 0.3) is 0 Å². The molecule has 0 heterocycles. The van der Waals surface area contributed by atoms with E-state index >= 15 is 0 Å². The Labute approximate surface area is 95.2 Å². The lowest BCUT2D eigenvalue weighted by atomic mass is 9.79. The van der Waals surface area contributed by atoms with E-state index < -0.39 is 0 Å². The molecule has 1 fully saturated rings. The highest BCUT2D eigenvalue weighted by Crippen LogP contribution is 2.30. The van der Waals surface area contributed by atoms with Crippen molar-refractivity contribution in [2.45, 2.75) is 70.4 Å². The molecule has 0 bridgehead atoms. The summed E-state index contributed by atoms with van der Waals surface area (Å²) in [5.41, 5.74) is 0.681. The molecule has 0 aromatic heterocycles.